The predicted molar refractivity (Wildman–Crippen MR) is 162 cm³/mol. The fourth-order valence-corrected chi connectivity index (χ4v) is 8.29. The summed E-state index contributed by atoms with van der Waals surface area (Å²) in [4.78, 5) is 36.0. The van der Waals surface area contributed by atoms with Crippen molar-refractivity contribution in [2.45, 2.75) is 42.8 Å². The minimum atomic E-state index is -4.39. The van der Waals surface area contributed by atoms with E-state index in [9.17, 15) is 28.4 Å². The minimum absolute atomic E-state index is 0.0264. The van der Waals surface area contributed by atoms with Crippen molar-refractivity contribution in [1.82, 2.24) is 18.8 Å². The van der Waals surface area contributed by atoms with Gasteiger partial charge in [0.05, 0.1) is 11.9 Å². The molecule has 1 fully saturated rings. The normalized spacial score (nSPS) is 20.1. The lowest BCUT2D eigenvalue weighted by molar-refractivity contribution is -0.140. The standard InChI is InChI=1S/C30H24Cl2N6O5S/c1-30(15-18-6-8-19(9-7-18)23-4-2-10-34-24(23)16-33)28(41)37(22-13-20(31)12-21(32)14-22)29-35-17-26(38(29)30)44(42,43)36-11-3-5-25(36)27(39)40/h2,4,6-10,12-14,17,25H,3,5,11,15H2,1H3,(H,39,40). The Morgan fingerprint density at radius 2 is 1.84 bits per heavy atom. The van der Waals surface area contributed by atoms with E-state index in [1.54, 1.807) is 43.3 Å². The van der Waals surface area contributed by atoms with E-state index < -0.39 is 33.5 Å². The van der Waals surface area contributed by atoms with Crippen molar-refractivity contribution in [3.8, 4) is 17.2 Å². The van der Waals surface area contributed by atoms with E-state index >= 15 is 0 Å². The van der Waals surface area contributed by atoms with Crippen LogP contribution in [0.4, 0.5) is 11.6 Å². The lowest BCUT2D eigenvalue weighted by atomic mass is 9.91. The van der Waals surface area contributed by atoms with E-state index in [1.807, 2.05) is 0 Å². The van der Waals surface area contributed by atoms with Crippen molar-refractivity contribution in [2.24, 2.45) is 0 Å². The number of rotatable bonds is 7. The molecule has 1 N–H and O–H groups in total. The summed E-state index contributed by atoms with van der Waals surface area (Å²) in [7, 11) is -4.39. The van der Waals surface area contributed by atoms with Gasteiger partial charge in [-0.05, 0) is 61.2 Å². The number of benzene rings is 2. The molecule has 1 amide bonds. The highest BCUT2D eigenvalue weighted by molar-refractivity contribution is 7.89. The number of anilines is 2. The summed E-state index contributed by atoms with van der Waals surface area (Å²) in [5.41, 5.74) is 1.16. The zero-order chi connectivity index (χ0) is 31.4. The van der Waals surface area contributed by atoms with Crippen LogP contribution in [0.3, 0.4) is 0 Å². The van der Waals surface area contributed by atoms with Gasteiger partial charge in [0.1, 0.15) is 23.3 Å². The van der Waals surface area contributed by atoms with Gasteiger partial charge in [-0.2, -0.15) is 9.57 Å². The summed E-state index contributed by atoms with van der Waals surface area (Å²) in [6, 6.07) is 16.1. The van der Waals surface area contributed by atoms with Gasteiger partial charge in [-0.25, -0.2) is 23.3 Å². The number of imidazole rings is 1. The molecule has 1 saturated heterocycles. The number of hydrogen-bond acceptors (Lipinski definition) is 7. The Morgan fingerprint density at radius 1 is 1.14 bits per heavy atom. The first-order chi connectivity index (χ1) is 21.0. The maximum Gasteiger partial charge on any atom is 0.322 e. The lowest BCUT2D eigenvalue weighted by Gasteiger charge is -2.28. The van der Waals surface area contributed by atoms with Crippen molar-refractivity contribution < 1.29 is 23.1 Å². The predicted octanol–water partition coefficient (Wildman–Crippen LogP) is 5.00. The Balaban J connectivity index is 1.47. The average Bonchev–Trinajstić information content (AvgIpc) is 3.70. The quantitative estimate of drug-likeness (QED) is 0.294. The first-order valence-corrected chi connectivity index (χ1v) is 15.7. The molecule has 2 aromatic carbocycles. The molecule has 0 bridgehead atoms. The van der Waals surface area contributed by atoms with Crippen molar-refractivity contribution in [2.75, 3.05) is 11.4 Å². The van der Waals surface area contributed by atoms with Gasteiger partial charge >= 0.3 is 5.97 Å². The SMILES string of the molecule is CC1(Cc2ccc(-c3cccnc3C#N)cc2)C(=O)N(c2cc(Cl)cc(Cl)c2)c2ncc(S(=O)(=O)N3CCCC3C(=O)O)n21. The number of aromatic nitrogens is 3. The maximum atomic E-state index is 14.3. The largest absolute Gasteiger partial charge is 0.480 e. The number of sulfonamides is 1. The molecule has 2 aromatic heterocycles. The van der Waals surface area contributed by atoms with E-state index in [4.69, 9.17) is 23.2 Å². The van der Waals surface area contributed by atoms with Crippen LogP contribution >= 0.6 is 23.2 Å². The summed E-state index contributed by atoms with van der Waals surface area (Å²) < 4.78 is 30.4. The lowest BCUT2D eigenvalue weighted by Crippen LogP contribution is -2.45. The summed E-state index contributed by atoms with van der Waals surface area (Å²) in [6.45, 7) is 1.64. The van der Waals surface area contributed by atoms with Gasteiger partial charge < -0.3 is 5.11 Å². The van der Waals surface area contributed by atoms with Gasteiger partial charge in [-0.3, -0.25) is 14.2 Å². The fourth-order valence-electron chi connectivity index (χ4n) is 5.94. The van der Waals surface area contributed by atoms with Crippen LogP contribution in [0.5, 0.6) is 0 Å². The molecular formula is C30H24Cl2N6O5S. The van der Waals surface area contributed by atoms with Crippen LogP contribution in [0.2, 0.25) is 10.0 Å². The Kier molecular flexibility index (Phi) is 7.45. The number of pyridine rings is 1. The van der Waals surface area contributed by atoms with Crippen LogP contribution in [0.15, 0.2) is 72.0 Å². The average molecular weight is 652 g/mol. The third-order valence-corrected chi connectivity index (χ3v) is 10.3. The van der Waals surface area contributed by atoms with Crippen LogP contribution in [0.1, 0.15) is 31.0 Å². The topological polar surface area (TPSA) is 149 Å². The molecule has 2 atom stereocenters. The van der Waals surface area contributed by atoms with Crippen LogP contribution in [0.25, 0.3) is 11.1 Å². The molecule has 14 heteroatoms. The van der Waals surface area contributed by atoms with Gasteiger partial charge in [0.25, 0.3) is 15.9 Å². The fraction of sp³-hybridized carbons (Fsp3) is 0.233. The number of carbonyl (C=O) groups excluding carboxylic acids is 1. The number of carboxylic acid groups (broad SMARTS) is 1. The third-order valence-electron chi connectivity index (χ3n) is 7.96. The summed E-state index contributed by atoms with van der Waals surface area (Å²) >= 11 is 12.5. The Morgan fingerprint density at radius 3 is 2.50 bits per heavy atom. The number of amides is 1. The minimum Gasteiger partial charge on any atom is -0.480 e. The van der Waals surface area contributed by atoms with Gasteiger partial charge in [0.15, 0.2) is 5.03 Å². The van der Waals surface area contributed by atoms with E-state index in [0.717, 1.165) is 16.1 Å². The maximum absolute atomic E-state index is 14.3. The van der Waals surface area contributed by atoms with Crippen LogP contribution in [0, 0.1) is 11.3 Å². The Labute approximate surface area is 262 Å². The second-order valence-electron chi connectivity index (χ2n) is 10.8. The molecule has 224 valence electrons. The van der Waals surface area contributed by atoms with Crippen LogP contribution < -0.4 is 4.90 Å². The molecular weight excluding hydrogens is 627 g/mol. The number of carbonyl (C=O) groups is 2. The molecule has 6 rings (SSSR count). The molecule has 2 aliphatic heterocycles. The highest BCUT2D eigenvalue weighted by Gasteiger charge is 2.53. The molecule has 0 saturated carbocycles. The molecule has 4 aromatic rings. The molecule has 11 nitrogen and oxygen atoms in total. The highest BCUT2D eigenvalue weighted by atomic mass is 35.5. The number of nitriles is 1. The first kappa shape index (κ1) is 29.8. The number of fused-ring (bicyclic) bond motifs is 1. The third kappa shape index (κ3) is 4.82. The van der Waals surface area contributed by atoms with E-state index in [2.05, 4.69) is 16.0 Å². The van der Waals surface area contributed by atoms with E-state index in [1.165, 1.54) is 33.9 Å². The van der Waals surface area contributed by atoms with Gasteiger partial charge in [0, 0.05) is 34.8 Å². The van der Waals surface area contributed by atoms with Crippen LogP contribution in [-0.2, 0) is 31.6 Å². The van der Waals surface area contributed by atoms with E-state index in [0.29, 0.717) is 23.2 Å². The molecule has 2 aliphatic rings. The number of hydrogen-bond donors (Lipinski definition) is 1. The molecule has 0 spiro atoms. The number of halogens is 2. The Hall–Kier alpha value is -4.28. The molecule has 4 heterocycles. The summed E-state index contributed by atoms with van der Waals surface area (Å²) in [5.74, 6) is -1.68. The zero-order valence-electron chi connectivity index (χ0n) is 23.2. The highest BCUT2D eigenvalue weighted by Crippen LogP contribution is 2.45. The first-order valence-electron chi connectivity index (χ1n) is 13.5. The van der Waals surface area contributed by atoms with E-state index in [-0.39, 0.29) is 46.1 Å². The molecule has 0 aliphatic carbocycles. The van der Waals surface area contributed by atoms with Crippen molar-refractivity contribution >= 4 is 56.7 Å². The Bertz CT molecular complexity index is 1950. The van der Waals surface area contributed by atoms with Crippen molar-refractivity contribution in [1.29, 1.82) is 5.26 Å². The van der Waals surface area contributed by atoms with Gasteiger partial charge in [-0.15, -0.1) is 0 Å². The monoisotopic (exact) mass is 650 g/mol. The molecule has 44 heavy (non-hydrogen) atoms. The molecule has 2 unspecified atom stereocenters. The summed E-state index contributed by atoms with van der Waals surface area (Å²) in [6.07, 6.45) is 3.31. The van der Waals surface area contributed by atoms with Crippen molar-refractivity contribution in [3.63, 3.8) is 0 Å². The van der Waals surface area contributed by atoms with Crippen molar-refractivity contribution in [3.05, 3.63) is 88.3 Å². The smallest absolute Gasteiger partial charge is 0.322 e. The number of carboxylic acids is 1. The molecule has 0 radical (unpaired) electrons. The zero-order valence-corrected chi connectivity index (χ0v) is 25.5. The van der Waals surface area contributed by atoms with Gasteiger partial charge in [-0.1, -0.05) is 47.5 Å². The number of nitrogens with zero attached hydrogens (tertiary/aromatic N) is 6. The van der Waals surface area contributed by atoms with Gasteiger partial charge in [0.2, 0.25) is 5.95 Å². The number of aliphatic carboxylic acids is 1. The second kappa shape index (κ2) is 11.0. The van der Waals surface area contributed by atoms with Crippen LogP contribution in [-0.4, -0.2) is 56.8 Å². The summed E-state index contributed by atoms with van der Waals surface area (Å²) in [5, 5.41) is 19.4. The second-order valence-corrected chi connectivity index (χ2v) is 13.5.